The topological polar surface area (TPSA) is 87.2 Å². The summed E-state index contributed by atoms with van der Waals surface area (Å²) in [4.78, 5) is 29.1. The number of sulfonamides is 1. The number of ketones is 1. The number of ether oxygens (including phenoxy) is 1. The van der Waals surface area contributed by atoms with E-state index < -0.39 is 10.0 Å². The maximum absolute atomic E-state index is 13.3. The lowest BCUT2D eigenvalue weighted by Gasteiger charge is -2.33. The van der Waals surface area contributed by atoms with Gasteiger partial charge in [0.15, 0.2) is 5.78 Å². The molecule has 0 spiro atoms. The second kappa shape index (κ2) is 10.8. The fraction of sp³-hybridized carbons (Fsp3) is 0.462. The number of nitrogens with zero attached hydrogens (tertiary/aromatic N) is 3. The van der Waals surface area contributed by atoms with Crippen molar-refractivity contribution >= 4 is 27.4 Å². The van der Waals surface area contributed by atoms with Gasteiger partial charge in [-0.25, -0.2) is 8.42 Å². The molecule has 35 heavy (non-hydrogen) atoms. The molecule has 0 radical (unpaired) electrons. The van der Waals surface area contributed by atoms with Crippen LogP contribution < -0.4 is 9.64 Å². The second-order valence-corrected chi connectivity index (χ2v) is 11.1. The van der Waals surface area contributed by atoms with Gasteiger partial charge < -0.3 is 14.5 Å². The van der Waals surface area contributed by atoms with Gasteiger partial charge >= 0.3 is 0 Å². The Morgan fingerprint density at radius 3 is 2.11 bits per heavy atom. The van der Waals surface area contributed by atoms with E-state index in [1.807, 2.05) is 29.2 Å². The van der Waals surface area contributed by atoms with E-state index in [1.165, 1.54) is 23.4 Å². The first kappa shape index (κ1) is 25.2. The Morgan fingerprint density at radius 1 is 0.857 bits per heavy atom. The van der Waals surface area contributed by atoms with Gasteiger partial charge in [0.1, 0.15) is 5.75 Å². The number of hydrogen-bond donors (Lipinski definition) is 0. The van der Waals surface area contributed by atoms with E-state index in [-0.39, 0.29) is 22.5 Å². The molecular formula is C26H33N3O5S. The Kier molecular flexibility index (Phi) is 7.76. The van der Waals surface area contributed by atoms with Crippen LogP contribution in [0.3, 0.4) is 0 Å². The molecule has 8 nitrogen and oxygen atoms in total. The van der Waals surface area contributed by atoms with Crippen LogP contribution in [-0.2, 0) is 14.8 Å². The molecule has 0 saturated carbocycles. The number of carbonyl (C=O) groups is 2. The average Bonchev–Trinajstić information content (AvgIpc) is 3.15. The third kappa shape index (κ3) is 5.67. The fourth-order valence-corrected chi connectivity index (χ4v) is 6.27. The number of carbonyl (C=O) groups excluding carboxylic acids is 2. The van der Waals surface area contributed by atoms with Crippen molar-refractivity contribution in [2.45, 2.75) is 31.1 Å². The monoisotopic (exact) mass is 499 g/mol. The van der Waals surface area contributed by atoms with Crippen molar-refractivity contribution in [1.29, 1.82) is 0 Å². The molecule has 0 aromatic heterocycles. The summed E-state index contributed by atoms with van der Waals surface area (Å²) in [7, 11) is -2.00. The van der Waals surface area contributed by atoms with Crippen LogP contribution in [0.15, 0.2) is 53.4 Å². The van der Waals surface area contributed by atoms with E-state index in [4.69, 9.17) is 4.74 Å². The minimum Gasteiger partial charge on any atom is -0.497 e. The van der Waals surface area contributed by atoms with Crippen molar-refractivity contribution in [3.05, 3.63) is 54.1 Å². The van der Waals surface area contributed by atoms with E-state index >= 15 is 0 Å². The summed E-state index contributed by atoms with van der Waals surface area (Å²) in [5.74, 6) is 0.689. The summed E-state index contributed by atoms with van der Waals surface area (Å²) in [5.41, 5.74) is 1.60. The number of anilines is 1. The van der Waals surface area contributed by atoms with Crippen molar-refractivity contribution < 1.29 is 22.7 Å². The summed E-state index contributed by atoms with van der Waals surface area (Å²) in [5, 5.41) is 0. The Morgan fingerprint density at radius 2 is 1.51 bits per heavy atom. The van der Waals surface area contributed by atoms with Crippen LogP contribution in [0.4, 0.5) is 5.69 Å². The van der Waals surface area contributed by atoms with Gasteiger partial charge in [-0.15, -0.1) is 0 Å². The number of benzene rings is 2. The van der Waals surface area contributed by atoms with E-state index in [0.29, 0.717) is 44.6 Å². The molecule has 9 heteroatoms. The Hall–Kier alpha value is -2.91. The van der Waals surface area contributed by atoms with Crippen LogP contribution in [0, 0.1) is 5.92 Å². The number of Topliss-reactive ketones (excluding diaryl/α,β-unsaturated/α-hetero) is 1. The minimum atomic E-state index is -3.65. The maximum atomic E-state index is 13.3. The van der Waals surface area contributed by atoms with Gasteiger partial charge in [0.05, 0.1) is 12.0 Å². The highest BCUT2D eigenvalue weighted by Gasteiger charge is 2.34. The number of methoxy groups -OCH3 is 1. The quantitative estimate of drug-likeness (QED) is 0.568. The molecule has 188 valence electrons. The van der Waals surface area contributed by atoms with Crippen molar-refractivity contribution in [3.63, 3.8) is 0 Å². The van der Waals surface area contributed by atoms with E-state index in [1.54, 1.807) is 19.2 Å². The summed E-state index contributed by atoms with van der Waals surface area (Å²) in [6, 6.07) is 14.0. The summed E-state index contributed by atoms with van der Waals surface area (Å²) in [6.45, 7) is 5.11. The zero-order valence-corrected chi connectivity index (χ0v) is 21.2. The van der Waals surface area contributed by atoms with E-state index in [9.17, 15) is 18.0 Å². The smallest absolute Gasteiger partial charge is 0.243 e. The highest BCUT2D eigenvalue weighted by molar-refractivity contribution is 7.89. The number of amides is 1. The molecule has 0 unspecified atom stereocenters. The lowest BCUT2D eigenvalue weighted by atomic mass is 9.96. The third-order valence-electron chi connectivity index (χ3n) is 6.95. The Bertz CT molecular complexity index is 1140. The number of hydrogen-bond acceptors (Lipinski definition) is 6. The van der Waals surface area contributed by atoms with Crippen molar-refractivity contribution in [2.75, 3.05) is 51.3 Å². The molecule has 2 heterocycles. The first-order chi connectivity index (χ1) is 16.8. The van der Waals surface area contributed by atoms with Gasteiger partial charge in [0, 0.05) is 56.4 Å². The van der Waals surface area contributed by atoms with Crippen LogP contribution in [0.5, 0.6) is 5.75 Å². The van der Waals surface area contributed by atoms with Crippen molar-refractivity contribution in [3.8, 4) is 5.75 Å². The van der Waals surface area contributed by atoms with Gasteiger partial charge in [-0.2, -0.15) is 4.31 Å². The van der Waals surface area contributed by atoms with E-state index in [0.717, 1.165) is 30.9 Å². The molecule has 2 aliphatic heterocycles. The molecule has 0 bridgehead atoms. The van der Waals surface area contributed by atoms with Gasteiger partial charge in [-0.05, 0) is 62.6 Å². The summed E-state index contributed by atoms with van der Waals surface area (Å²) in [6.07, 6.45) is 1.92. The number of piperidine rings is 1. The molecule has 2 saturated heterocycles. The SMILES string of the molecule is COc1ccc(N2CCCN(C(=O)C3CCN(S(=O)(=O)c4ccc(C(C)=O)cc4)CC3)CC2)cc1. The molecule has 2 fully saturated rings. The highest BCUT2D eigenvalue weighted by atomic mass is 32.2. The first-order valence-corrected chi connectivity index (χ1v) is 13.5. The normalized spacial score (nSPS) is 18.2. The highest BCUT2D eigenvalue weighted by Crippen LogP contribution is 2.27. The molecular weight excluding hydrogens is 466 g/mol. The lowest BCUT2D eigenvalue weighted by molar-refractivity contribution is -0.136. The zero-order valence-electron chi connectivity index (χ0n) is 20.4. The standard InChI is InChI=1S/C26H33N3O5S/c1-20(30)21-4-10-25(11-5-21)35(32,33)29-16-12-22(13-17-29)26(31)28-15-3-14-27(18-19-28)23-6-8-24(34-2)9-7-23/h4-11,22H,3,12-19H2,1-2H3. The van der Waals surface area contributed by atoms with Gasteiger partial charge in [-0.1, -0.05) is 12.1 Å². The molecule has 0 N–H and O–H groups in total. The van der Waals surface area contributed by atoms with Crippen LogP contribution in [0.25, 0.3) is 0 Å². The average molecular weight is 500 g/mol. The predicted octanol–water partition coefficient (Wildman–Crippen LogP) is 3.04. The Balaban J connectivity index is 1.32. The van der Waals surface area contributed by atoms with Crippen molar-refractivity contribution in [2.24, 2.45) is 5.92 Å². The van der Waals surface area contributed by atoms with Gasteiger partial charge in [0.2, 0.25) is 15.9 Å². The van der Waals surface area contributed by atoms with Crippen LogP contribution in [-0.4, -0.2) is 75.7 Å². The minimum absolute atomic E-state index is 0.103. The molecule has 0 atom stereocenters. The fourth-order valence-electron chi connectivity index (χ4n) is 4.80. The van der Waals surface area contributed by atoms with Crippen LogP contribution >= 0.6 is 0 Å². The molecule has 1 amide bonds. The van der Waals surface area contributed by atoms with Crippen LogP contribution in [0.1, 0.15) is 36.5 Å². The van der Waals surface area contributed by atoms with Gasteiger partial charge in [-0.3, -0.25) is 9.59 Å². The largest absolute Gasteiger partial charge is 0.497 e. The summed E-state index contributed by atoms with van der Waals surface area (Å²) < 4.78 is 32.8. The summed E-state index contributed by atoms with van der Waals surface area (Å²) >= 11 is 0. The Labute approximate surface area is 207 Å². The predicted molar refractivity (Wildman–Crippen MR) is 134 cm³/mol. The lowest BCUT2D eigenvalue weighted by Crippen LogP contribution is -2.45. The van der Waals surface area contributed by atoms with Crippen LogP contribution in [0.2, 0.25) is 0 Å². The molecule has 2 aliphatic rings. The van der Waals surface area contributed by atoms with Gasteiger partial charge in [0.25, 0.3) is 0 Å². The first-order valence-electron chi connectivity index (χ1n) is 12.1. The molecule has 2 aromatic rings. The third-order valence-corrected chi connectivity index (χ3v) is 8.86. The second-order valence-electron chi connectivity index (χ2n) is 9.12. The molecule has 0 aliphatic carbocycles. The molecule has 4 rings (SSSR count). The van der Waals surface area contributed by atoms with E-state index in [2.05, 4.69) is 4.90 Å². The van der Waals surface area contributed by atoms with Crippen molar-refractivity contribution in [1.82, 2.24) is 9.21 Å². The molecule has 2 aromatic carbocycles. The maximum Gasteiger partial charge on any atom is 0.243 e. The zero-order chi connectivity index (χ0) is 25.0. The number of rotatable bonds is 6.